The van der Waals surface area contributed by atoms with Crippen molar-refractivity contribution in [3.8, 4) is 11.5 Å². The molecule has 0 fully saturated rings. The van der Waals surface area contributed by atoms with Crippen LogP contribution in [0.15, 0.2) is 47.6 Å². The molecule has 26 heavy (non-hydrogen) atoms. The summed E-state index contributed by atoms with van der Waals surface area (Å²) in [6.07, 6.45) is 3.17. The minimum absolute atomic E-state index is 0.118. The van der Waals surface area contributed by atoms with Crippen molar-refractivity contribution >= 4 is 17.8 Å². The standard InChI is InChI=1S/C18H19N3O5/c1-2-3-13-4-7-16(8-5-13)26-12-18(23)20-19-11-14-10-15(21(24)25)6-9-17(14)22/h4-11,22H,2-3,12H2,1H3,(H,20,23)/b19-11+. The fourth-order valence-electron chi connectivity index (χ4n) is 2.15. The number of aryl methyl sites for hydroxylation is 1. The van der Waals surface area contributed by atoms with Crippen LogP contribution in [0, 0.1) is 10.1 Å². The Bertz CT molecular complexity index is 803. The van der Waals surface area contributed by atoms with Crippen LogP contribution in [-0.4, -0.2) is 28.8 Å². The Morgan fingerprint density at radius 3 is 2.69 bits per heavy atom. The molecule has 0 aromatic heterocycles. The summed E-state index contributed by atoms with van der Waals surface area (Å²) in [5.74, 6) is -0.110. The highest BCUT2D eigenvalue weighted by Crippen LogP contribution is 2.21. The Morgan fingerprint density at radius 2 is 2.04 bits per heavy atom. The van der Waals surface area contributed by atoms with E-state index in [1.54, 1.807) is 12.1 Å². The van der Waals surface area contributed by atoms with Crippen molar-refractivity contribution < 1.29 is 19.6 Å². The van der Waals surface area contributed by atoms with E-state index in [9.17, 15) is 20.0 Å². The maximum Gasteiger partial charge on any atom is 0.277 e. The highest BCUT2D eigenvalue weighted by Gasteiger charge is 2.09. The normalized spacial score (nSPS) is 10.7. The monoisotopic (exact) mass is 357 g/mol. The van der Waals surface area contributed by atoms with E-state index >= 15 is 0 Å². The van der Waals surface area contributed by atoms with Crippen LogP contribution in [0.4, 0.5) is 5.69 Å². The Labute approximate surface area is 150 Å². The molecule has 0 radical (unpaired) electrons. The fraction of sp³-hybridized carbons (Fsp3) is 0.222. The second-order valence-electron chi connectivity index (χ2n) is 5.48. The molecule has 2 aromatic carbocycles. The molecule has 8 heteroatoms. The average molecular weight is 357 g/mol. The first kappa shape index (κ1) is 18.9. The van der Waals surface area contributed by atoms with Crippen LogP contribution in [0.3, 0.4) is 0 Å². The molecular weight excluding hydrogens is 338 g/mol. The summed E-state index contributed by atoms with van der Waals surface area (Å²) in [7, 11) is 0. The van der Waals surface area contributed by atoms with Gasteiger partial charge in [-0.05, 0) is 30.2 Å². The van der Waals surface area contributed by atoms with Crippen molar-refractivity contribution in [1.29, 1.82) is 0 Å². The smallest absolute Gasteiger partial charge is 0.277 e. The molecule has 0 saturated carbocycles. The molecule has 136 valence electrons. The van der Waals surface area contributed by atoms with Crippen LogP contribution in [0.25, 0.3) is 0 Å². The number of carbonyl (C=O) groups excluding carboxylic acids is 1. The van der Waals surface area contributed by atoms with Crippen LogP contribution >= 0.6 is 0 Å². The lowest BCUT2D eigenvalue weighted by molar-refractivity contribution is -0.384. The fourth-order valence-corrected chi connectivity index (χ4v) is 2.15. The zero-order chi connectivity index (χ0) is 18.9. The molecule has 0 bridgehead atoms. The van der Waals surface area contributed by atoms with Crippen LogP contribution in [0.2, 0.25) is 0 Å². The van der Waals surface area contributed by atoms with Gasteiger partial charge in [0.15, 0.2) is 6.61 Å². The quantitative estimate of drug-likeness (QED) is 0.428. The number of carbonyl (C=O) groups is 1. The topological polar surface area (TPSA) is 114 Å². The van der Waals surface area contributed by atoms with Crippen LogP contribution < -0.4 is 10.2 Å². The second kappa shape index (κ2) is 9.16. The summed E-state index contributed by atoms with van der Waals surface area (Å²) in [4.78, 5) is 21.8. The summed E-state index contributed by atoms with van der Waals surface area (Å²) < 4.78 is 5.35. The molecule has 2 N–H and O–H groups in total. The van der Waals surface area contributed by atoms with Gasteiger partial charge in [0.05, 0.1) is 11.1 Å². The van der Waals surface area contributed by atoms with Crippen molar-refractivity contribution in [2.75, 3.05) is 6.61 Å². The molecule has 0 saturated heterocycles. The zero-order valence-electron chi connectivity index (χ0n) is 14.2. The molecular formula is C18H19N3O5. The van der Waals surface area contributed by atoms with E-state index in [4.69, 9.17) is 4.74 Å². The van der Waals surface area contributed by atoms with E-state index in [2.05, 4.69) is 17.5 Å². The molecule has 1 amide bonds. The number of benzene rings is 2. The molecule has 2 aromatic rings. The number of nitro groups is 1. The summed E-state index contributed by atoms with van der Waals surface area (Å²) >= 11 is 0. The predicted octanol–water partition coefficient (Wildman–Crippen LogP) is 2.78. The lowest BCUT2D eigenvalue weighted by Crippen LogP contribution is -2.24. The van der Waals surface area contributed by atoms with Crippen LogP contribution in [0.5, 0.6) is 11.5 Å². The first-order valence-corrected chi connectivity index (χ1v) is 8.00. The highest BCUT2D eigenvalue weighted by atomic mass is 16.6. The maximum atomic E-state index is 11.7. The number of hydrogen-bond acceptors (Lipinski definition) is 6. The molecule has 0 unspecified atom stereocenters. The van der Waals surface area contributed by atoms with Crippen molar-refractivity contribution in [1.82, 2.24) is 5.43 Å². The predicted molar refractivity (Wildman–Crippen MR) is 96.4 cm³/mol. The van der Waals surface area contributed by atoms with Gasteiger partial charge in [-0.25, -0.2) is 5.43 Å². The average Bonchev–Trinajstić information content (AvgIpc) is 2.63. The van der Waals surface area contributed by atoms with Crippen molar-refractivity contribution in [2.24, 2.45) is 5.10 Å². The largest absolute Gasteiger partial charge is 0.507 e. The number of hydrazone groups is 1. The maximum absolute atomic E-state index is 11.7. The summed E-state index contributed by atoms with van der Waals surface area (Å²) in [5.41, 5.74) is 3.36. The number of phenolic OH excluding ortho intramolecular Hbond substituents is 1. The van der Waals surface area contributed by atoms with Gasteiger partial charge in [0.1, 0.15) is 11.5 Å². The molecule has 2 rings (SSSR count). The van der Waals surface area contributed by atoms with E-state index < -0.39 is 10.8 Å². The Balaban J connectivity index is 1.85. The Hall–Kier alpha value is -3.42. The van der Waals surface area contributed by atoms with Gasteiger partial charge < -0.3 is 9.84 Å². The number of nitrogens with one attached hydrogen (secondary N) is 1. The van der Waals surface area contributed by atoms with E-state index in [-0.39, 0.29) is 23.6 Å². The molecule has 0 aliphatic heterocycles. The Morgan fingerprint density at radius 1 is 1.31 bits per heavy atom. The van der Waals surface area contributed by atoms with Gasteiger partial charge in [-0.1, -0.05) is 25.5 Å². The minimum Gasteiger partial charge on any atom is -0.507 e. The number of ether oxygens (including phenoxy) is 1. The number of non-ortho nitro benzene ring substituents is 1. The molecule has 0 heterocycles. The molecule has 8 nitrogen and oxygen atoms in total. The molecule has 0 aliphatic carbocycles. The second-order valence-corrected chi connectivity index (χ2v) is 5.48. The van der Waals surface area contributed by atoms with Gasteiger partial charge in [-0.3, -0.25) is 14.9 Å². The molecule has 0 atom stereocenters. The van der Waals surface area contributed by atoms with Crippen LogP contribution in [0.1, 0.15) is 24.5 Å². The lowest BCUT2D eigenvalue weighted by atomic mass is 10.1. The van der Waals surface area contributed by atoms with Crippen LogP contribution in [-0.2, 0) is 11.2 Å². The molecule has 0 aliphatic rings. The van der Waals surface area contributed by atoms with Crippen molar-refractivity contribution in [3.63, 3.8) is 0 Å². The lowest BCUT2D eigenvalue weighted by Gasteiger charge is -2.06. The highest BCUT2D eigenvalue weighted by molar-refractivity contribution is 5.86. The van der Waals surface area contributed by atoms with Gasteiger partial charge >= 0.3 is 0 Å². The summed E-state index contributed by atoms with van der Waals surface area (Å²) in [5, 5.41) is 24.0. The van der Waals surface area contributed by atoms with Gasteiger partial charge in [-0.15, -0.1) is 0 Å². The van der Waals surface area contributed by atoms with E-state index in [1.165, 1.54) is 17.7 Å². The number of nitro benzene ring substituents is 1. The Kier molecular flexibility index (Phi) is 6.67. The van der Waals surface area contributed by atoms with E-state index in [0.29, 0.717) is 5.75 Å². The van der Waals surface area contributed by atoms with E-state index in [1.807, 2.05) is 12.1 Å². The van der Waals surface area contributed by atoms with Gasteiger partial charge in [0.25, 0.3) is 11.6 Å². The number of amides is 1. The third kappa shape index (κ3) is 5.59. The summed E-state index contributed by atoms with van der Waals surface area (Å²) in [6, 6.07) is 11.0. The number of hydrogen-bond donors (Lipinski definition) is 2. The number of nitrogens with zero attached hydrogens (tertiary/aromatic N) is 2. The van der Waals surface area contributed by atoms with Crippen molar-refractivity contribution in [2.45, 2.75) is 19.8 Å². The molecule has 0 spiro atoms. The first-order chi connectivity index (χ1) is 12.5. The third-order valence-electron chi connectivity index (χ3n) is 3.45. The van der Waals surface area contributed by atoms with Crippen molar-refractivity contribution in [3.05, 3.63) is 63.7 Å². The van der Waals surface area contributed by atoms with Gasteiger partial charge in [-0.2, -0.15) is 5.10 Å². The van der Waals surface area contributed by atoms with Gasteiger partial charge in [0, 0.05) is 17.7 Å². The number of rotatable bonds is 8. The number of aromatic hydroxyl groups is 1. The van der Waals surface area contributed by atoms with Gasteiger partial charge in [0.2, 0.25) is 0 Å². The SMILES string of the molecule is CCCc1ccc(OCC(=O)N/N=C/c2cc([N+](=O)[O-])ccc2O)cc1. The summed E-state index contributed by atoms with van der Waals surface area (Å²) in [6.45, 7) is 1.87. The van der Waals surface area contributed by atoms with E-state index in [0.717, 1.165) is 25.1 Å². The number of phenols is 1. The zero-order valence-corrected chi connectivity index (χ0v) is 14.2. The first-order valence-electron chi connectivity index (χ1n) is 8.00. The minimum atomic E-state index is -0.588. The third-order valence-corrected chi connectivity index (χ3v) is 3.45.